The van der Waals surface area contributed by atoms with Gasteiger partial charge in [-0.1, -0.05) is 6.92 Å². The summed E-state index contributed by atoms with van der Waals surface area (Å²) in [5.74, 6) is 0.301. The Labute approximate surface area is 69.6 Å². The summed E-state index contributed by atoms with van der Waals surface area (Å²) in [4.78, 5) is 12.8. The van der Waals surface area contributed by atoms with E-state index >= 15 is 0 Å². The zero-order valence-corrected chi connectivity index (χ0v) is 7.89. The maximum absolute atomic E-state index is 10.6. The first-order valence-electron chi connectivity index (χ1n) is 4.34. The van der Waals surface area contributed by atoms with Crippen LogP contribution in [0.1, 0.15) is 33.1 Å². The van der Waals surface area contributed by atoms with Gasteiger partial charge in [-0.25, -0.2) is 0 Å². The highest BCUT2D eigenvalue weighted by Crippen LogP contribution is 1.94. The van der Waals surface area contributed by atoms with Crippen LogP contribution in [0, 0.1) is 0 Å². The molecule has 66 valence electrons. The van der Waals surface area contributed by atoms with Gasteiger partial charge in [0, 0.05) is 6.42 Å². The molecule has 0 N–H and O–H groups in total. The highest BCUT2D eigenvalue weighted by atomic mass is 16.1. The molecule has 0 saturated heterocycles. The normalized spacial score (nSPS) is 10.5. The minimum Gasteiger partial charge on any atom is -0.306 e. The molecule has 0 aliphatic carbocycles. The van der Waals surface area contributed by atoms with Crippen LogP contribution in [0.25, 0.3) is 0 Å². The number of hydrogen-bond acceptors (Lipinski definition) is 2. The van der Waals surface area contributed by atoms with E-state index in [-0.39, 0.29) is 0 Å². The molecule has 2 nitrogen and oxygen atoms in total. The third-order valence-corrected chi connectivity index (χ3v) is 1.67. The van der Waals surface area contributed by atoms with Crippen LogP contribution in [-0.2, 0) is 4.79 Å². The molecule has 0 heterocycles. The highest BCUT2D eigenvalue weighted by Gasteiger charge is 1.97. The Morgan fingerprint density at radius 1 is 1.36 bits per heavy atom. The molecular weight excluding hydrogens is 138 g/mol. The minimum atomic E-state index is 0.301. The van der Waals surface area contributed by atoms with Crippen molar-refractivity contribution in [3.63, 3.8) is 0 Å². The SMILES string of the molecule is CCCN(C)CCCC(C)=O. The first kappa shape index (κ1) is 10.6. The maximum atomic E-state index is 10.6. The van der Waals surface area contributed by atoms with Gasteiger partial charge in [-0.15, -0.1) is 0 Å². The van der Waals surface area contributed by atoms with Crippen molar-refractivity contribution in [3.05, 3.63) is 0 Å². The monoisotopic (exact) mass is 157 g/mol. The lowest BCUT2D eigenvalue weighted by Gasteiger charge is -2.13. The second-order valence-corrected chi connectivity index (χ2v) is 3.11. The minimum absolute atomic E-state index is 0.301. The van der Waals surface area contributed by atoms with Gasteiger partial charge in [-0.05, 0) is 39.9 Å². The van der Waals surface area contributed by atoms with Crippen LogP contribution in [0.5, 0.6) is 0 Å². The third kappa shape index (κ3) is 7.53. The van der Waals surface area contributed by atoms with E-state index in [1.54, 1.807) is 6.92 Å². The van der Waals surface area contributed by atoms with Gasteiger partial charge >= 0.3 is 0 Å². The molecule has 0 amide bonds. The van der Waals surface area contributed by atoms with E-state index in [4.69, 9.17) is 0 Å². The summed E-state index contributed by atoms with van der Waals surface area (Å²) in [6, 6.07) is 0. The number of rotatable bonds is 6. The van der Waals surface area contributed by atoms with Crippen molar-refractivity contribution in [1.82, 2.24) is 4.90 Å². The van der Waals surface area contributed by atoms with Crippen molar-refractivity contribution in [2.75, 3.05) is 20.1 Å². The van der Waals surface area contributed by atoms with Crippen LogP contribution in [0.3, 0.4) is 0 Å². The van der Waals surface area contributed by atoms with Crippen LogP contribution in [0.4, 0.5) is 0 Å². The van der Waals surface area contributed by atoms with Crippen molar-refractivity contribution in [2.45, 2.75) is 33.1 Å². The second-order valence-electron chi connectivity index (χ2n) is 3.11. The Hall–Kier alpha value is -0.370. The number of carbonyl (C=O) groups is 1. The number of nitrogens with zero attached hydrogens (tertiary/aromatic N) is 1. The first-order valence-corrected chi connectivity index (χ1v) is 4.34. The molecule has 0 aromatic rings. The Kier molecular flexibility index (Phi) is 6.13. The molecule has 0 unspecified atom stereocenters. The van der Waals surface area contributed by atoms with Gasteiger partial charge in [0.1, 0.15) is 5.78 Å². The molecule has 11 heavy (non-hydrogen) atoms. The summed E-state index contributed by atoms with van der Waals surface area (Å²) in [5.41, 5.74) is 0. The highest BCUT2D eigenvalue weighted by molar-refractivity contribution is 5.75. The van der Waals surface area contributed by atoms with Gasteiger partial charge in [-0.3, -0.25) is 0 Å². The Morgan fingerprint density at radius 2 is 2.00 bits per heavy atom. The first-order chi connectivity index (χ1) is 5.16. The average Bonchev–Trinajstić information content (AvgIpc) is 1.87. The van der Waals surface area contributed by atoms with Gasteiger partial charge < -0.3 is 9.69 Å². The summed E-state index contributed by atoms with van der Waals surface area (Å²) >= 11 is 0. The molecule has 0 aromatic carbocycles. The Morgan fingerprint density at radius 3 is 2.45 bits per heavy atom. The van der Waals surface area contributed by atoms with Gasteiger partial charge in [0.15, 0.2) is 0 Å². The zero-order valence-electron chi connectivity index (χ0n) is 7.89. The van der Waals surface area contributed by atoms with E-state index in [0.29, 0.717) is 5.78 Å². The van der Waals surface area contributed by atoms with Crippen molar-refractivity contribution in [2.24, 2.45) is 0 Å². The molecule has 0 fully saturated rings. The molecule has 0 saturated carbocycles. The molecule has 0 atom stereocenters. The second kappa shape index (κ2) is 6.35. The molecule has 0 radical (unpaired) electrons. The summed E-state index contributed by atoms with van der Waals surface area (Å²) in [5, 5.41) is 0. The van der Waals surface area contributed by atoms with Gasteiger partial charge in [0.25, 0.3) is 0 Å². The van der Waals surface area contributed by atoms with Crippen LogP contribution in [0.2, 0.25) is 0 Å². The predicted molar refractivity (Wildman–Crippen MR) is 47.7 cm³/mol. The molecule has 0 bridgehead atoms. The predicted octanol–water partition coefficient (Wildman–Crippen LogP) is 1.70. The van der Waals surface area contributed by atoms with E-state index in [0.717, 1.165) is 25.9 Å². The molecular formula is C9H19NO. The number of hydrogen-bond donors (Lipinski definition) is 0. The molecule has 0 spiro atoms. The number of ketones is 1. The lowest BCUT2D eigenvalue weighted by Crippen LogP contribution is -2.20. The topological polar surface area (TPSA) is 20.3 Å². The molecule has 2 heteroatoms. The smallest absolute Gasteiger partial charge is 0.129 e. The van der Waals surface area contributed by atoms with E-state index < -0.39 is 0 Å². The summed E-state index contributed by atoms with van der Waals surface area (Å²) in [6.07, 6.45) is 2.93. The maximum Gasteiger partial charge on any atom is 0.129 e. The van der Waals surface area contributed by atoms with Gasteiger partial charge in [-0.2, -0.15) is 0 Å². The fraction of sp³-hybridized carbons (Fsp3) is 0.889. The van der Waals surface area contributed by atoms with Crippen LogP contribution < -0.4 is 0 Å². The van der Waals surface area contributed by atoms with Gasteiger partial charge in [0.05, 0.1) is 0 Å². The molecule has 0 aromatic heterocycles. The van der Waals surface area contributed by atoms with E-state index in [1.807, 2.05) is 0 Å². The van der Waals surface area contributed by atoms with Crippen molar-refractivity contribution >= 4 is 5.78 Å². The Balaban J connectivity index is 3.16. The lowest BCUT2D eigenvalue weighted by molar-refractivity contribution is -0.117. The standard InChI is InChI=1S/C9H19NO/c1-4-7-10(3)8-5-6-9(2)11/h4-8H2,1-3H3. The Bertz CT molecular complexity index is 112. The molecule has 0 rings (SSSR count). The number of carbonyl (C=O) groups excluding carboxylic acids is 1. The van der Waals surface area contributed by atoms with E-state index in [1.165, 1.54) is 6.42 Å². The summed E-state index contributed by atoms with van der Waals surface area (Å²) in [7, 11) is 2.10. The largest absolute Gasteiger partial charge is 0.306 e. The van der Waals surface area contributed by atoms with Crippen LogP contribution >= 0.6 is 0 Å². The van der Waals surface area contributed by atoms with Crippen LogP contribution in [-0.4, -0.2) is 30.8 Å². The van der Waals surface area contributed by atoms with E-state index in [9.17, 15) is 4.79 Å². The lowest BCUT2D eigenvalue weighted by atomic mass is 10.2. The fourth-order valence-electron chi connectivity index (χ4n) is 1.09. The fourth-order valence-corrected chi connectivity index (χ4v) is 1.09. The summed E-state index contributed by atoms with van der Waals surface area (Å²) in [6.45, 7) is 6.01. The van der Waals surface area contributed by atoms with Crippen molar-refractivity contribution < 1.29 is 4.79 Å². The number of Topliss-reactive ketones (excluding diaryl/α,β-unsaturated/α-hetero) is 1. The van der Waals surface area contributed by atoms with E-state index in [2.05, 4.69) is 18.9 Å². The molecule has 0 aliphatic rings. The van der Waals surface area contributed by atoms with Gasteiger partial charge in [0.2, 0.25) is 0 Å². The van der Waals surface area contributed by atoms with Crippen LogP contribution in [0.15, 0.2) is 0 Å². The summed E-state index contributed by atoms with van der Waals surface area (Å²) < 4.78 is 0. The third-order valence-electron chi connectivity index (χ3n) is 1.67. The average molecular weight is 157 g/mol. The van der Waals surface area contributed by atoms with Crippen molar-refractivity contribution in [3.8, 4) is 0 Å². The zero-order chi connectivity index (χ0) is 8.69. The quantitative estimate of drug-likeness (QED) is 0.585. The van der Waals surface area contributed by atoms with Crippen molar-refractivity contribution in [1.29, 1.82) is 0 Å². The molecule has 0 aliphatic heterocycles.